The number of urea groups is 1. The molecule has 0 unspecified atom stereocenters. The number of anilines is 2. The molecule has 148 valence electrons. The van der Waals surface area contributed by atoms with Gasteiger partial charge in [-0.3, -0.25) is 4.79 Å². The van der Waals surface area contributed by atoms with E-state index in [0.29, 0.717) is 29.7 Å². The maximum atomic E-state index is 14.4. The molecule has 28 heavy (non-hydrogen) atoms. The molecule has 0 saturated heterocycles. The Morgan fingerprint density at radius 2 is 1.93 bits per heavy atom. The summed E-state index contributed by atoms with van der Waals surface area (Å²) in [5, 5.41) is 5.68. The topological polar surface area (TPSA) is 61.4 Å². The van der Waals surface area contributed by atoms with E-state index in [4.69, 9.17) is 0 Å². The van der Waals surface area contributed by atoms with Gasteiger partial charge in [0.15, 0.2) is 0 Å². The first-order valence-corrected chi connectivity index (χ1v) is 9.40. The van der Waals surface area contributed by atoms with Crippen molar-refractivity contribution in [2.75, 3.05) is 10.2 Å². The van der Waals surface area contributed by atoms with Crippen LogP contribution in [0, 0.1) is 12.7 Å². The highest BCUT2D eigenvalue weighted by atomic mass is 19.1. The van der Waals surface area contributed by atoms with Gasteiger partial charge in [0.25, 0.3) is 0 Å². The van der Waals surface area contributed by atoms with E-state index >= 15 is 0 Å². The zero-order chi connectivity index (χ0) is 20.5. The SMILES string of the molecule is Cc1cccc(CN2C(=O)CCc3cc(NC(=O)NC(C)(C)C)ccc32)c1F. The Hall–Kier alpha value is -2.89. The van der Waals surface area contributed by atoms with Gasteiger partial charge in [0.1, 0.15) is 5.82 Å². The average molecular weight is 383 g/mol. The van der Waals surface area contributed by atoms with Gasteiger partial charge < -0.3 is 15.5 Å². The number of carbonyl (C=O) groups is 2. The Balaban J connectivity index is 1.83. The van der Waals surface area contributed by atoms with Crippen LogP contribution < -0.4 is 15.5 Å². The normalized spacial score (nSPS) is 13.9. The summed E-state index contributed by atoms with van der Waals surface area (Å²) in [6, 6.07) is 10.4. The first kappa shape index (κ1) is 19.9. The van der Waals surface area contributed by atoms with Crippen molar-refractivity contribution in [2.24, 2.45) is 0 Å². The van der Waals surface area contributed by atoms with Crippen LogP contribution in [0.25, 0.3) is 0 Å². The lowest BCUT2D eigenvalue weighted by Gasteiger charge is -2.30. The van der Waals surface area contributed by atoms with E-state index < -0.39 is 0 Å². The minimum absolute atomic E-state index is 0.0282. The van der Waals surface area contributed by atoms with Gasteiger partial charge >= 0.3 is 6.03 Å². The third-order valence-corrected chi connectivity index (χ3v) is 4.63. The molecule has 1 heterocycles. The van der Waals surface area contributed by atoms with E-state index in [2.05, 4.69) is 10.6 Å². The van der Waals surface area contributed by atoms with Gasteiger partial charge in [0.2, 0.25) is 5.91 Å². The van der Waals surface area contributed by atoms with Crippen LogP contribution in [0.15, 0.2) is 36.4 Å². The predicted molar refractivity (Wildman–Crippen MR) is 109 cm³/mol. The molecule has 3 amide bonds. The molecule has 0 bridgehead atoms. The summed E-state index contributed by atoms with van der Waals surface area (Å²) in [5.74, 6) is -0.306. The highest BCUT2D eigenvalue weighted by molar-refractivity contribution is 5.97. The quantitative estimate of drug-likeness (QED) is 0.818. The minimum Gasteiger partial charge on any atom is -0.333 e. The summed E-state index contributed by atoms with van der Waals surface area (Å²) in [4.78, 5) is 26.2. The van der Waals surface area contributed by atoms with Crippen LogP contribution in [0.2, 0.25) is 0 Å². The molecule has 0 atom stereocenters. The van der Waals surface area contributed by atoms with Gasteiger partial charge in [-0.1, -0.05) is 18.2 Å². The van der Waals surface area contributed by atoms with Crippen molar-refractivity contribution in [1.82, 2.24) is 5.32 Å². The molecule has 2 aromatic carbocycles. The monoisotopic (exact) mass is 383 g/mol. The third-order valence-electron chi connectivity index (χ3n) is 4.63. The summed E-state index contributed by atoms with van der Waals surface area (Å²) in [5.41, 5.74) is 3.11. The molecule has 6 heteroatoms. The summed E-state index contributed by atoms with van der Waals surface area (Å²) in [6.45, 7) is 7.64. The average Bonchev–Trinajstić information content (AvgIpc) is 2.59. The van der Waals surface area contributed by atoms with E-state index in [1.807, 2.05) is 32.9 Å². The molecule has 5 nitrogen and oxygen atoms in total. The van der Waals surface area contributed by atoms with Gasteiger partial charge in [0, 0.05) is 28.9 Å². The van der Waals surface area contributed by atoms with Crippen molar-refractivity contribution in [1.29, 1.82) is 0 Å². The van der Waals surface area contributed by atoms with Gasteiger partial charge in [-0.25, -0.2) is 9.18 Å². The Morgan fingerprint density at radius 1 is 1.18 bits per heavy atom. The molecule has 0 fully saturated rings. The van der Waals surface area contributed by atoms with Crippen molar-refractivity contribution in [2.45, 2.75) is 52.6 Å². The van der Waals surface area contributed by atoms with Gasteiger partial charge in [-0.15, -0.1) is 0 Å². The van der Waals surface area contributed by atoms with Crippen molar-refractivity contribution in [3.05, 3.63) is 58.9 Å². The van der Waals surface area contributed by atoms with Crippen LogP contribution in [-0.4, -0.2) is 17.5 Å². The zero-order valence-electron chi connectivity index (χ0n) is 16.7. The van der Waals surface area contributed by atoms with Crippen LogP contribution in [0.4, 0.5) is 20.6 Å². The largest absolute Gasteiger partial charge is 0.333 e. The first-order valence-electron chi connectivity index (χ1n) is 9.40. The van der Waals surface area contributed by atoms with Crippen molar-refractivity contribution >= 4 is 23.3 Å². The van der Waals surface area contributed by atoms with Gasteiger partial charge in [-0.2, -0.15) is 0 Å². The van der Waals surface area contributed by atoms with E-state index in [1.165, 1.54) is 0 Å². The summed E-state index contributed by atoms with van der Waals surface area (Å²) < 4.78 is 14.4. The van der Waals surface area contributed by atoms with Crippen molar-refractivity contribution < 1.29 is 14.0 Å². The fourth-order valence-corrected chi connectivity index (χ4v) is 3.31. The molecule has 0 radical (unpaired) electrons. The lowest BCUT2D eigenvalue weighted by Crippen LogP contribution is -2.43. The minimum atomic E-state index is -0.334. The predicted octanol–water partition coefficient (Wildman–Crippen LogP) is 4.53. The Morgan fingerprint density at radius 3 is 2.64 bits per heavy atom. The molecule has 2 N–H and O–H groups in total. The maximum Gasteiger partial charge on any atom is 0.319 e. The molecule has 1 aliphatic heterocycles. The number of amides is 3. The Bertz CT molecular complexity index is 918. The number of benzene rings is 2. The van der Waals surface area contributed by atoms with Crippen molar-refractivity contribution in [3.63, 3.8) is 0 Å². The molecule has 0 aromatic heterocycles. The van der Waals surface area contributed by atoms with E-state index in [1.54, 1.807) is 36.1 Å². The molecule has 0 saturated carbocycles. The van der Waals surface area contributed by atoms with Gasteiger partial charge in [0.05, 0.1) is 6.54 Å². The maximum absolute atomic E-state index is 14.4. The van der Waals surface area contributed by atoms with E-state index in [9.17, 15) is 14.0 Å². The second kappa shape index (κ2) is 7.62. The number of hydrogen-bond donors (Lipinski definition) is 2. The van der Waals surface area contributed by atoms with Crippen LogP contribution in [-0.2, 0) is 17.8 Å². The number of halogens is 1. The Labute approximate surface area is 164 Å². The molecule has 3 rings (SSSR count). The number of rotatable bonds is 3. The lowest BCUT2D eigenvalue weighted by atomic mass is 9.99. The van der Waals surface area contributed by atoms with Crippen LogP contribution >= 0.6 is 0 Å². The lowest BCUT2D eigenvalue weighted by molar-refractivity contribution is -0.119. The first-order chi connectivity index (χ1) is 13.1. The van der Waals surface area contributed by atoms with Crippen LogP contribution in [0.1, 0.15) is 43.9 Å². The molecule has 0 aliphatic carbocycles. The number of nitrogens with zero attached hydrogens (tertiary/aromatic N) is 1. The third kappa shape index (κ3) is 4.50. The highest BCUT2D eigenvalue weighted by Crippen LogP contribution is 2.32. The molecule has 1 aliphatic rings. The van der Waals surface area contributed by atoms with E-state index in [-0.39, 0.29) is 29.8 Å². The molecule has 0 spiro atoms. The number of nitrogens with one attached hydrogen (secondary N) is 2. The van der Waals surface area contributed by atoms with Gasteiger partial charge in [-0.05, 0) is 63.4 Å². The number of hydrogen-bond acceptors (Lipinski definition) is 2. The highest BCUT2D eigenvalue weighted by Gasteiger charge is 2.26. The fraction of sp³-hybridized carbons (Fsp3) is 0.364. The smallest absolute Gasteiger partial charge is 0.319 e. The van der Waals surface area contributed by atoms with Crippen LogP contribution in [0.5, 0.6) is 0 Å². The van der Waals surface area contributed by atoms with Crippen LogP contribution in [0.3, 0.4) is 0 Å². The standard InChI is InChI=1S/C22H26FN3O2/c1-14-6-5-7-16(20(14)23)13-26-18-10-9-17(12-15(18)8-11-19(26)27)24-21(28)25-22(2,3)4/h5-7,9-10,12H,8,11,13H2,1-4H3,(H2,24,25,28). The second-order valence-corrected chi connectivity index (χ2v) is 8.20. The van der Waals surface area contributed by atoms with E-state index in [0.717, 1.165) is 11.3 Å². The number of fused-ring (bicyclic) bond motifs is 1. The summed E-state index contributed by atoms with van der Waals surface area (Å²) in [7, 11) is 0. The molecular weight excluding hydrogens is 357 g/mol. The summed E-state index contributed by atoms with van der Waals surface area (Å²) in [6.07, 6.45) is 0.954. The fourth-order valence-electron chi connectivity index (χ4n) is 3.31. The number of carbonyl (C=O) groups excluding carboxylic acids is 2. The molecular formula is C22H26FN3O2. The van der Waals surface area contributed by atoms with Crippen molar-refractivity contribution in [3.8, 4) is 0 Å². The zero-order valence-corrected chi connectivity index (χ0v) is 16.7. The Kier molecular flexibility index (Phi) is 5.40. The number of aryl methyl sites for hydroxylation is 2. The summed E-state index contributed by atoms with van der Waals surface area (Å²) >= 11 is 0. The molecule has 2 aromatic rings. The second-order valence-electron chi connectivity index (χ2n) is 8.20.